The van der Waals surface area contributed by atoms with Crippen LogP contribution in [0.1, 0.15) is 0 Å². The number of aromatic nitrogens is 5. The molecule has 6 nitrogen and oxygen atoms in total. The van der Waals surface area contributed by atoms with Crippen LogP contribution in [0.4, 0.5) is 0 Å². The Kier molecular flexibility index (Phi) is 6.08. The lowest BCUT2D eigenvalue weighted by Crippen LogP contribution is -2.01. The minimum atomic E-state index is 0.565. The molecule has 228 valence electrons. The molecule has 0 saturated heterocycles. The van der Waals surface area contributed by atoms with Crippen molar-refractivity contribution in [3.63, 3.8) is 0 Å². The van der Waals surface area contributed by atoms with E-state index in [2.05, 4.69) is 76.7 Å². The largest absolute Gasteiger partial charge is 0.456 e. The third-order valence-electron chi connectivity index (χ3n) is 9.30. The standard InChI is InChI=1S/C43H25N5O/c1-2-10-27(11-3-1)41-46-42(48-43(47-41)33-15-8-16-38-40(33)36-25-45-22-20-37(36)49-38)32-14-7-6-13-30(32)34-23-28-18-17-26-9-4-5-12-29(26)39(28)35-24-44-21-19-31(34)35/h1-25H. The van der Waals surface area contributed by atoms with Gasteiger partial charge >= 0.3 is 0 Å². The van der Waals surface area contributed by atoms with Crippen LogP contribution in [-0.4, -0.2) is 24.9 Å². The molecule has 0 saturated carbocycles. The molecule has 6 heteroatoms. The summed E-state index contributed by atoms with van der Waals surface area (Å²) in [6.45, 7) is 0. The van der Waals surface area contributed by atoms with Gasteiger partial charge in [-0.2, -0.15) is 0 Å². The first-order chi connectivity index (χ1) is 24.3. The number of benzene rings is 6. The number of hydrogen-bond donors (Lipinski definition) is 0. The first-order valence-corrected chi connectivity index (χ1v) is 16.2. The van der Waals surface area contributed by atoms with Crippen LogP contribution in [0.15, 0.2) is 157 Å². The van der Waals surface area contributed by atoms with E-state index in [1.165, 1.54) is 16.2 Å². The smallest absolute Gasteiger partial charge is 0.164 e. The molecule has 0 amide bonds. The van der Waals surface area contributed by atoms with Gasteiger partial charge in [0.15, 0.2) is 17.5 Å². The van der Waals surface area contributed by atoms with Crippen molar-refractivity contribution in [1.82, 2.24) is 24.9 Å². The zero-order valence-electron chi connectivity index (χ0n) is 26.1. The van der Waals surface area contributed by atoms with Gasteiger partial charge in [-0.3, -0.25) is 9.97 Å². The lowest BCUT2D eigenvalue weighted by Gasteiger charge is -2.16. The van der Waals surface area contributed by atoms with Gasteiger partial charge in [0, 0.05) is 57.6 Å². The molecule has 0 aliphatic rings. The number of hydrogen-bond acceptors (Lipinski definition) is 6. The fourth-order valence-corrected chi connectivity index (χ4v) is 7.10. The van der Waals surface area contributed by atoms with Gasteiger partial charge < -0.3 is 4.42 Å². The topological polar surface area (TPSA) is 77.6 Å². The molecule has 4 heterocycles. The number of nitrogens with zero attached hydrogens (tertiary/aromatic N) is 5. The maximum absolute atomic E-state index is 6.21. The van der Waals surface area contributed by atoms with Gasteiger partial charge in [-0.05, 0) is 62.3 Å². The Labute approximate surface area is 280 Å². The Morgan fingerprint density at radius 2 is 1.08 bits per heavy atom. The zero-order valence-corrected chi connectivity index (χ0v) is 26.1. The Morgan fingerprint density at radius 1 is 0.388 bits per heavy atom. The highest BCUT2D eigenvalue weighted by Crippen LogP contribution is 2.42. The van der Waals surface area contributed by atoms with E-state index in [0.717, 1.165) is 65.9 Å². The maximum Gasteiger partial charge on any atom is 0.164 e. The van der Waals surface area contributed by atoms with E-state index in [-0.39, 0.29) is 0 Å². The summed E-state index contributed by atoms with van der Waals surface area (Å²) in [4.78, 5) is 24.4. The van der Waals surface area contributed by atoms with Gasteiger partial charge in [-0.25, -0.2) is 15.0 Å². The molecule has 10 rings (SSSR count). The van der Waals surface area contributed by atoms with Gasteiger partial charge in [0.2, 0.25) is 0 Å². The fraction of sp³-hybridized carbons (Fsp3) is 0. The van der Waals surface area contributed by atoms with Crippen molar-refractivity contribution in [1.29, 1.82) is 0 Å². The van der Waals surface area contributed by atoms with Crippen molar-refractivity contribution in [2.24, 2.45) is 0 Å². The van der Waals surface area contributed by atoms with E-state index >= 15 is 0 Å². The Morgan fingerprint density at radius 3 is 1.98 bits per heavy atom. The monoisotopic (exact) mass is 627 g/mol. The van der Waals surface area contributed by atoms with E-state index in [9.17, 15) is 0 Å². The van der Waals surface area contributed by atoms with Crippen molar-refractivity contribution >= 4 is 54.3 Å². The van der Waals surface area contributed by atoms with Crippen molar-refractivity contribution in [3.05, 3.63) is 152 Å². The number of fused-ring (bicyclic) bond motifs is 8. The predicted octanol–water partition coefficient (Wildman–Crippen LogP) is 10.7. The number of furan rings is 1. The van der Waals surface area contributed by atoms with Crippen LogP contribution >= 0.6 is 0 Å². The first kappa shape index (κ1) is 27.3. The zero-order chi connectivity index (χ0) is 32.3. The van der Waals surface area contributed by atoms with E-state index < -0.39 is 0 Å². The molecule has 6 aromatic carbocycles. The fourth-order valence-electron chi connectivity index (χ4n) is 7.10. The molecule has 10 aromatic rings. The molecular formula is C43H25N5O. The van der Waals surface area contributed by atoms with E-state index in [1.807, 2.05) is 79.3 Å². The van der Waals surface area contributed by atoms with Crippen LogP contribution < -0.4 is 0 Å². The SMILES string of the molecule is c1ccc(-c2nc(-c3ccccc3-c3cc4ccc5ccccc5c4c4cnccc34)nc(-c3cccc4oc5ccncc5c34)n2)cc1. The summed E-state index contributed by atoms with van der Waals surface area (Å²) in [5.41, 5.74) is 6.32. The summed E-state index contributed by atoms with van der Waals surface area (Å²) in [6.07, 6.45) is 7.42. The minimum absolute atomic E-state index is 0.565. The lowest BCUT2D eigenvalue weighted by atomic mass is 9.90. The summed E-state index contributed by atoms with van der Waals surface area (Å²) in [7, 11) is 0. The molecular weight excluding hydrogens is 603 g/mol. The summed E-state index contributed by atoms with van der Waals surface area (Å²) in [6, 6.07) is 43.6. The van der Waals surface area contributed by atoms with Crippen LogP contribution in [0.5, 0.6) is 0 Å². The van der Waals surface area contributed by atoms with Gasteiger partial charge in [0.1, 0.15) is 11.2 Å². The molecule has 0 radical (unpaired) electrons. The normalized spacial score (nSPS) is 11.7. The second-order valence-corrected chi connectivity index (χ2v) is 12.1. The van der Waals surface area contributed by atoms with Crippen LogP contribution in [0.2, 0.25) is 0 Å². The third-order valence-corrected chi connectivity index (χ3v) is 9.30. The van der Waals surface area contributed by atoms with Crippen molar-refractivity contribution in [3.8, 4) is 45.3 Å². The van der Waals surface area contributed by atoms with Gasteiger partial charge in [0.05, 0.1) is 0 Å². The van der Waals surface area contributed by atoms with Gasteiger partial charge in [0.25, 0.3) is 0 Å². The molecule has 4 aromatic heterocycles. The molecule has 0 N–H and O–H groups in total. The average molecular weight is 628 g/mol. The van der Waals surface area contributed by atoms with Crippen molar-refractivity contribution in [2.45, 2.75) is 0 Å². The molecule has 0 aliphatic carbocycles. The highest BCUT2D eigenvalue weighted by molar-refractivity contribution is 6.23. The van der Waals surface area contributed by atoms with E-state index in [1.54, 1.807) is 6.20 Å². The predicted molar refractivity (Wildman–Crippen MR) is 197 cm³/mol. The summed E-state index contributed by atoms with van der Waals surface area (Å²) < 4.78 is 6.21. The van der Waals surface area contributed by atoms with Crippen LogP contribution in [0.25, 0.3) is 99.5 Å². The van der Waals surface area contributed by atoms with Crippen molar-refractivity contribution in [2.75, 3.05) is 0 Å². The third kappa shape index (κ3) is 4.38. The molecule has 0 spiro atoms. The van der Waals surface area contributed by atoms with Crippen LogP contribution in [0.3, 0.4) is 0 Å². The summed E-state index contributed by atoms with van der Waals surface area (Å²) in [5.74, 6) is 1.75. The molecule has 49 heavy (non-hydrogen) atoms. The Balaban J connectivity index is 1.25. The first-order valence-electron chi connectivity index (χ1n) is 16.2. The van der Waals surface area contributed by atoms with E-state index in [4.69, 9.17) is 19.4 Å². The second kappa shape index (κ2) is 10.9. The molecule has 0 unspecified atom stereocenters. The molecule has 0 atom stereocenters. The molecule has 0 bridgehead atoms. The van der Waals surface area contributed by atoms with Crippen molar-refractivity contribution < 1.29 is 4.42 Å². The summed E-state index contributed by atoms with van der Waals surface area (Å²) >= 11 is 0. The molecule has 0 fully saturated rings. The minimum Gasteiger partial charge on any atom is -0.456 e. The molecule has 0 aliphatic heterocycles. The summed E-state index contributed by atoms with van der Waals surface area (Å²) in [5, 5.41) is 8.83. The van der Waals surface area contributed by atoms with Crippen LogP contribution in [-0.2, 0) is 0 Å². The number of rotatable bonds is 4. The van der Waals surface area contributed by atoms with Gasteiger partial charge in [-0.15, -0.1) is 0 Å². The Bertz CT molecular complexity index is 2900. The maximum atomic E-state index is 6.21. The van der Waals surface area contributed by atoms with E-state index in [0.29, 0.717) is 17.5 Å². The average Bonchev–Trinajstić information content (AvgIpc) is 3.56. The second-order valence-electron chi connectivity index (χ2n) is 12.1. The Hall–Kier alpha value is -6.79. The highest BCUT2D eigenvalue weighted by atomic mass is 16.3. The van der Waals surface area contributed by atoms with Gasteiger partial charge in [-0.1, -0.05) is 103 Å². The number of pyridine rings is 2. The quantitative estimate of drug-likeness (QED) is 0.181. The lowest BCUT2D eigenvalue weighted by molar-refractivity contribution is 0.668. The van der Waals surface area contributed by atoms with Crippen LogP contribution in [0, 0.1) is 0 Å². The highest BCUT2D eigenvalue weighted by Gasteiger charge is 2.20.